The highest BCUT2D eigenvalue weighted by atomic mass is 32.1. The van der Waals surface area contributed by atoms with Crippen molar-refractivity contribution in [1.29, 1.82) is 0 Å². The Hall–Kier alpha value is -1.22. The summed E-state index contributed by atoms with van der Waals surface area (Å²) in [6.45, 7) is 1.94. The van der Waals surface area contributed by atoms with Crippen molar-refractivity contribution in [2.75, 3.05) is 5.73 Å². The van der Waals surface area contributed by atoms with Crippen LogP contribution in [0.5, 0.6) is 5.75 Å². The smallest absolute Gasteiger partial charge is 0.136 e. The highest BCUT2D eigenvalue weighted by molar-refractivity contribution is 7.17. The lowest BCUT2D eigenvalue weighted by Gasteiger charge is -2.00. The quantitative estimate of drug-likeness (QED) is 0.610. The molecule has 2 aromatic rings. The molecule has 0 aliphatic carbocycles. The van der Waals surface area contributed by atoms with Crippen LogP contribution >= 0.6 is 11.3 Å². The van der Waals surface area contributed by atoms with Crippen molar-refractivity contribution in [2.45, 2.75) is 6.92 Å². The van der Waals surface area contributed by atoms with Gasteiger partial charge in [0.2, 0.25) is 0 Å². The van der Waals surface area contributed by atoms with Crippen LogP contribution < -0.4 is 5.73 Å². The van der Waals surface area contributed by atoms with Crippen LogP contribution in [0.2, 0.25) is 0 Å². The zero-order chi connectivity index (χ0) is 8.72. The summed E-state index contributed by atoms with van der Waals surface area (Å²) in [5, 5.41) is 11.9. The second-order valence-electron chi connectivity index (χ2n) is 2.79. The predicted octanol–water partition coefficient (Wildman–Crippen LogP) is 2.50. The van der Waals surface area contributed by atoms with Crippen LogP contribution in [-0.2, 0) is 0 Å². The first kappa shape index (κ1) is 7.43. The van der Waals surface area contributed by atoms with Crippen LogP contribution in [0.1, 0.15) is 5.56 Å². The van der Waals surface area contributed by atoms with E-state index in [9.17, 15) is 5.11 Å². The topological polar surface area (TPSA) is 46.2 Å². The molecule has 2 nitrogen and oxygen atoms in total. The molecule has 0 radical (unpaired) electrons. The molecule has 1 aromatic heterocycles. The molecule has 0 saturated carbocycles. The van der Waals surface area contributed by atoms with Gasteiger partial charge in [0.15, 0.2) is 0 Å². The number of nitrogen functional groups attached to an aromatic ring is 1. The predicted molar refractivity (Wildman–Crippen MR) is 52.6 cm³/mol. The molecule has 0 aliphatic heterocycles. The fourth-order valence-electron chi connectivity index (χ4n) is 1.24. The van der Waals surface area contributed by atoms with Gasteiger partial charge in [0.1, 0.15) is 5.75 Å². The van der Waals surface area contributed by atoms with Crippen molar-refractivity contribution >= 4 is 27.1 Å². The lowest BCUT2D eigenvalue weighted by atomic mass is 10.1. The number of fused-ring (bicyclic) bond motifs is 1. The van der Waals surface area contributed by atoms with Gasteiger partial charge in [-0.15, -0.1) is 11.3 Å². The minimum atomic E-state index is 0.288. The fraction of sp³-hybridized carbons (Fsp3) is 0.111. The summed E-state index contributed by atoms with van der Waals surface area (Å²) in [6.07, 6.45) is 0. The Morgan fingerprint density at radius 3 is 2.92 bits per heavy atom. The lowest BCUT2D eigenvalue weighted by Crippen LogP contribution is -1.88. The number of hydrogen-bond donors (Lipinski definition) is 2. The molecule has 0 atom stereocenters. The molecule has 12 heavy (non-hydrogen) atoms. The number of rotatable bonds is 0. The molecule has 3 N–H and O–H groups in total. The van der Waals surface area contributed by atoms with E-state index in [-0.39, 0.29) is 5.75 Å². The summed E-state index contributed by atoms with van der Waals surface area (Å²) in [7, 11) is 0. The summed E-state index contributed by atoms with van der Waals surface area (Å²) in [5.41, 5.74) is 7.51. The SMILES string of the molecule is Cc1ccc2scc(O)c2c1N. The van der Waals surface area contributed by atoms with Crippen LogP contribution in [0.4, 0.5) is 5.69 Å². The summed E-state index contributed by atoms with van der Waals surface area (Å²) in [6, 6.07) is 3.94. The summed E-state index contributed by atoms with van der Waals surface area (Å²) < 4.78 is 1.04. The molecule has 62 valence electrons. The van der Waals surface area contributed by atoms with Crippen LogP contribution in [0.3, 0.4) is 0 Å². The Morgan fingerprint density at radius 1 is 1.42 bits per heavy atom. The highest BCUT2D eigenvalue weighted by Crippen LogP contribution is 2.36. The van der Waals surface area contributed by atoms with Crippen molar-refractivity contribution in [1.82, 2.24) is 0 Å². The lowest BCUT2D eigenvalue weighted by molar-refractivity contribution is 0.484. The number of aromatic hydroxyl groups is 1. The van der Waals surface area contributed by atoms with E-state index in [4.69, 9.17) is 5.73 Å². The molecule has 0 unspecified atom stereocenters. The first-order valence-electron chi connectivity index (χ1n) is 3.65. The maximum Gasteiger partial charge on any atom is 0.136 e. The van der Waals surface area contributed by atoms with Gasteiger partial charge in [-0.2, -0.15) is 0 Å². The summed E-state index contributed by atoms with van der Waals surface area (Å²) in [4.78, 5) is 0. The van der Waals surface area contributed by atoms with E-state index >= 15 is 0 Å². The minimum Gasteiger partial charge on any atom is -0.506 e. The number of aryl methyl sites for hydroxylation is 1. The van der Waals surface area contributed by atoms with Crippen molar-refractivity contribution in [3.8, 4) is 5.75 Å². The van der Waals surface area contributed by atoms with Gasteiger partial charge in [0.05, 0.1) is 5.39 Å². The first-order chi connectivity index (χ1) is 5.70. The van der Waals surface area contributed by atoms with Crippen LogP contribution in [0.15, 0.2) is 17.5 Å². The molecule has 0 saturated heterocycles. The van der Waals surface area contributed by atoms with Crippen molar-refractivity contribution < 1.29 is 5.11 Å². The molecule has 0 aliphatic rings. The Labute approximate surface area is 74.3 Å². The third-order valence-electron chi connectivity index (χ3n) is 1.98. The van der Waals surface area contributed by atoms with E-state index in [1.165, 1.54) is 11.3 Å². The van der Waals surface area contributed by atoms with E-state index in [2.05, 4.69) is 0 Å². The van der Waals surface area contributed by atoms with Gasteiger partial charge in [-0.25, -0.2) is 0 Å². The third-order valence-corrected chi connectivity index (χ3v) is 2.91. The van der Waals surface area contributed by atoms with Gasteiger partial charge in [0, 0.05) is 15.8 Å². The van der Waals surface area contributed by atoms with Gasteiger partial charge in [-0.05, 0) is 18.6 Å². The Kier molecular flexibility index (Phi) is 1.48. The fourth-order valence-corrected chi connectivity index (χ4v) is 2.08. The van der Waals surface area contributed by atoms with Gasteiger partial charge in [-0.1, -0.05) is 6.07 Å². The van der Waals surface area contributed by atoms with Crippen LogP contribution in [0.25, 0.3) is 10.1 Å². The van der Waals surface area contributed by atoms with E-state index in [1.54, 1.807) is 5.38 Å². The molecule has 0 amide bonds. The van der Waals surface area contributed by atoms with Crippen LogP contribution in [-0.4, -0.2) is 5.11 Å². The number of hydrogen-bond acceptors (Lipinski definition) is 3. The number of benzene rings is 1. The second-order valence-corrected chi connectivity index (χ2v) is 3.70. The summed E-state index contributed by atoms with van der Waals surface area (Å²) >= 11 is 1.51. The standard InChI is InChI=1S/C9H9NOS/c1-5-2-3-7-8(9(5)10)6(11)4-12-7/h2-4,11H,10H2,1H3. The highest BCUT2D eigenvalue weighted by Gasteiger charge is 2.06. The maximum absolute atomic E-state index is 9.45. The summed E-state index contributed by atoms with van der Waals surface area (Å²) in [5.74, 6) is 0.288. The largest absolute Gasteiger partial charge is 0.506 e. The zero-order valence-electron chi connectivity index (χ0n) is 6.66. The molecule has 0 spiro atoms. The molecular weight excluding hydrogens is 170 g/mol. The normalized spacial score (nSPS) is 10.8. The zero-order valence-corrected chi connectivity index (χ0v) is 7.48. The van der Waals surface area contributed by atoms with E-state index in [1.807, 2.05) is 19.1 Å². The monoisotopic (exact) mass is 179 g/mol. The molecule has 1 aromatic carbocycles. The van der Waals surface area contributed by atoms with Gasteiger partial charge < -0.3 is 10.8 Å². The van der Waals surface area contributed by atoms with E-state index in [0.717, 1.165) is 15.6 Å². The number of nitrogens with two attached hydrogens (primary N) is 1. The Balaban J connectivity index is 2.96. The van der Waals surface area contributed by atoms with E-state index in [0.29, 0.717) is 5.69 Å². The van der Waals surface area contributed by atoms with E-state index < -0.39 is 0 Å². The third kappa shape index (κ3) is 0.865. The number of anilines is 1. The van der Waals surface area contributed by atoms with Crippen LogP contribution in [0, 0.1) is 6.92 Å². The molecule has 1 heterocycles. The number of thiophene rings is 1. The van der Waals surface area contributed by atoms with Crippen molar-refractivity contribution in [3.05, 3.63) is 23.1 Å². The minimum absolute atomic E-state index is 0.288. The average molecular weight is 179 g/mol. The maximum atomic E-state index is 9.45. The van der Waals surface area contributed by atoms with Gasteiger partial charge in [-0.3, -0.25) is 0 Å². The molecule has 0 fully saturated rings. The Bertz CT molecular complexity index is 433. The molecular formula is C9H9NOS. The second kappa shape index (κ2) is 2.38. The van der Waals surface area contributed by atoms with Gasteiger partial charge >= 0.3 is 0 Å². The first-order valence-corrected chi connectivity index (χ1v) is 4.53. The van der Waals surface area contributed by atoms with Crippen molar-refractivity contribution in [3.63, 3.8) is 0 Å². The average Bonchev–Trinajstić information content (AvgIpc) is 2.41. The molecule has 3 heteroatoms. The van der Waals surface area contributed by atoms with Crippen molar-refractivity contribution in [2.24, 2.45) is 0 Å². The Morgan fingerprint density at radius 2 is 2.17 bits per heavy atom. The van der Waals surface area contributed by atoms with Gasteiger partial charge in [0.25, 0.3) is 0 Å². The molecule has 0 bridgehead atoms. The molecule has 2 rings (SSSR count).